The average molecular weight is 260 g/mol. The fraction of sp³-hybridized carbons (Fsp3) is 0.333. The van der Waals surface area contributed by atoms with Crippen LogP contribution in [-0.4, -0.2) is 17.4 Å². The molecular weight excluding hydrogens is 250 g/mol. The molecule has 0 aliphatic heterocycles. The van der Waals surface area contributed by atoms with Crippen LogP contribution in [0.25, 0.3) is 0 Å². The molecule has 92 valence electrons. The Bertz CT molecular complexity index is 345. The lowest BCUT2D eigenvalue weighted by Gasteiger charge is -2.21. The van der Waals surface area contributed by atoms with Crippen LogP contribution in [-0.2, 0) is 0 Å². The summed E-state index contributed by atoms with van der Waals surface area (Å²) in [7, 11) is 0. The fourth-order valence-electron chi connectivity index (χ4n) is 1.10. The van der Waals surface area contributed by atoms with E-state index in [9.17, 15) is 17.6 Å². The standard InChI is InChI=1S/C9H9F4NO.ClH/c10-6-3-1-2-5(4-6)7(14)8(15)9(11,12)13;/h1-4,7-8,15H,14H2;1H/t7-,8-;/m0./s1. The minimum Gasteiger partial charge on any atom is -0.382 e. The maximum atomic E-state index is 12.7. The molecule has 0 heterocycles. The molecule has 0 fully saturated rings. The highest BCUT2D eigenvalue weighted by molar-refractivity contribution is 5.85. The van der Waals surface area contributed by atoms with Crippen molar-refractivity contribution >= 4 is 12.4 Å². The Morgan fingerprint density at radius 2 is 1.81 bits per heavy atom. The fourth-order valence-corrected chi connectivity index (χ4v) is 1.10. The molecule has 0 spiro atoms. The Labute approximate surface area is 95.5 Å². The van der Waals surface area contributed by atoms with Crippen LogP contribution in [0.4, 0.5) is 17.6 Å². The van der Waals surface area contributed by atoms with Crippen molar-refractivity contribution in [2.75, 3.05) is 0 Å². The van der Waals surface area contributed by atoms with Gasteiger partial charge in [0, 0.05) is 0 Å². The second-order valence-corrected chi connectivity index (χ2v) is 3.07. The van der Waals surface area contributed by atoms with Gasteiger partial charge in [0.15, 0.2) is 6.10 Å². The van der Waals surface area contributed by atoms with Crippen molar-refractivity contribution in [3.05, 3.63) is 35.6 Å². The second-order valence-electron chi connectivity index (χ2n) is 3.07. The molecule has 7 heteroatoms. The lowest BCUT2D eigenvalue weighted by atomic mass is 10.0. The molecule has 1 aromatic rings. The second kappa shape index (κ2) is 5.47. The van der Waals surface area contributed by atoms with Gasteiger partial charge >= 0.3 is 6.18 Å². The highest BCUT2D eigenvalue weighted by atomic mass is 35.5. The third-order valence-corrected chi connectivity index (χ3v) is 1.91. The highest BCUT2D eigenvalue weighted by Crippen LogP contribution is 2.28. The van der Waals surface area contributed by atoms with Gasteiger partial charge in [-0.15, -0.1) is 12.4 Å². The molecule has 1 aromatic carbocycles. The zero-order valence-electron chi connectivity index (χ0n) is 7.91. The monoisotopic (exact) mass is 259 g/mol. The van der Waals surface area contributed by atoms with E-state index in [-0.39, 0.29) is 18.0 Å². The van der Waals surface area contributed by atoms with E-state index < -0.39 is 24.1 Å². The predicted molar refractivity (Wildman–Crippen MR) is 52.6 cm³/mol. The van der Waals surface area contributed by atoms with E-state index in [1.54, 1.807) is 0 Å². The maximum absolute atomic E-state index is 12.7. The van der Waals surface area contributed by atoms with Crippen molar-refractivity contribution in [3.63, 3.8) is 0 Å². The van der Waals surface area contributed by atoms with Gasteiger partial charge in [-0.2, -0.15) is 13.2 Å². The van der Waals surface area contributed by atoms with E-state index in [4.69, 9.17) is 10.8 Å². The largest absolute Gasteiger partial charge is 0.416 e. The van der Waals surface area contributed by atoms with E-state index in [0.717, 1.165) is 12.1 Å². The number of hydrogen-bond acceptors (Lipinski definition) is 2. The average Bonchev–Trinajstić information content (AvgIpc) is 2.14. The van der Waals surface area contributed by atoms with E-state index in [2.05, 4.69) is 0 Å². The first-order chi connectivity index (χ1) is 6.82. The number of halogens is 5. The van der Waals surface area contributed by atoms with Crippen molar-refractivity contribution in [2.45, 2.75) is 18.3 Å². The summed E-state index contributed by atoms with van der Waals surface area (Å²) in [5, 5.41) is 8.83. The van der Waals surface area contributed by atoms with E-state index in [1.807, 2.05) is 0 Å². The molecule has 0 radical (unpaired) electrons. The minimum atomic E-state index is -4.81. The van der Waals surface area contributed by atoms with Crippen LogP contribution in [0, 0.1) is 5.82 Å². The summed E-state index contributed by atoms with van der Waals surface area (Å²) >= 11 is 0. The number of benzene rings is 1. The van der Waals surface area contributed by atoms with E-state index >= 15 is 0 Å². The first-order valence-electron chi connectivity index (χ1n) is 4.08. The van der Waals surface area contributed by atoms with Gasteiger partial charge in [0.25, 0.3) is 0 Å². The van der Waals surface area contributed by atoms with Gasteiger partial charge in [-0.25, -0.2) is 4.39 Å². The molecule has 0 saturated carbocycles. The molecule has 2 atom stereocenters. The Hall–Kier alpha value is -0.850. The Balaban J connectivity index is 0.00000225. The van der Waals surface area contributed by atoms with Gasteiger partial charge in [-0.05, 0) is 17.7 Å². The molecule has 0 aliphatic rings. The Morgan fingerprint density at radius 1 is 1.25 bits per heavy atom. The van der Waals surface area contributed by atoms with Crippen molar-refractivity contribution in [2.24, 2.45) is 5.73 Å². The van der Waals surface area contributed by atoms with Crippen LogP contribution >= 0.6 is 12.4 Å². The lowest BCUT2D eigenvalue weighted by molar-refractivity contribution is -0.210. The van der Waals surface area contributed by atoms with Crippen LogP contribution in [0.1, 0.15) is 11.6 Å². The third kappa shape index (κ3) is 3.62. The number of alkyl halides is 3. The number of rotatable bonds is 2. The topological polar surface area (TPSA) is 46.2 Å². The van der Waals surface area contributed by atoms with Crippen molar-refractivity contribution < 1.29 is 22.7 Å². The van der Waals surface area contributed by atoms with Crippen molar-refractivity contribution in [1.29, 1.82) is 0 Å². The van der Waals surface area contributed by atoms with Gasteiger partial charge in [0.2, 0.25) is 0 Å². The summed E-state index contributed by atoms with van der Waals surface area (Å²) < 4.78 is 48.9. The maximum Gasteiger partial charge on any atom is 0.416 e. The molecule has 0 unspecified atom stereocenters. The summed E-state index contributed by atoms with van der Waals surface area (Å²) in [4.78, 5) is 0. The number of nitrogens with two attached hydrogens (primary N) is 1. The smallest absolute Gasteiger partial charge is 0.382 e. The quantitative estimate of drug-likeness (QED) is 0.800. The molecule has 0 aromatic heterocycles. The Kier molecular flexibility index (Phi) is 5.18. The summed E-state index contributed by atoms with van der Waals surface area (Å²) in [5.41, 5.74) is 5.06. The van der Waals surface area contributed by atoms with Crippen molar-refractivity contribution in [1.82, 2.24) is 0 Å². The molecule has 0 bridgehead atoms. The van der Waals surface area contributed by atoms with Crippen molar-refractivity contribution in [3.8, 4) is 0 Å². The summed E-state index contributed by atoms with van der Waals surface area (Å²) in [5.74, 6) is -0.697. The number of aliphatic hydroxyl groups is 1. The first-order valence-corrected chi connectivity index (χ1v) is 4.08. The van der Waals surface area contributed by atoms with E-state index in [1.165, 1.54) is 12.1 Å². The number of aliphatic hydroxyl groups excluding tert-OH is 1. The van der Waals surface area contributed by atoms with Gasteiger partial charge in [-0.1, -0.05) is 12.1 Å². The first kappa shape index (κ1) is 15.2. The normalized spacial score (nSPS) is 15.1. The molecule has 2 nitrogen and oxygen atoms in total. The van der Waals surface area contributed by atoms with Crippen LogP contribution in [0.15, 0.2) is 24.3 Å². The van der Waals surface area contributed by atoms with Crippen LogP contribution in [0.3, 0.4) is 0 Å². The Morgan fingerprint density at radius 3 is 2.25 bits per heavy atom. The van der Waals surface area contributed by atoms with Gasteiger partial charge in [0.05, 0.1) is 6.04 Å². The van der Waals surface area contributed by atoms with Crippen LogP contribution < -0.4 is 5.73 Å². The van der Waals surface area contributed by atoms with E-state index in [0.29, 0.717) is 0 Å². The third-order valence-electron chi connectivity index (χ3n) is 1.91. The van der Waals surface area contributed by atoms with Crippen LogP contribution in [0.5, 0.6) is 0 Å². The lowest BCUT2D eigenvalue weighted by Crippen LogP contribution is -2.38. The molecule has 1 rings (SSSR count). The van der Waals surface area contributed by atoms with Gasteiger partial charge in [-0.3, -0.25) is 0 Å². The van der Waals surface area contributed by atoms with Gasteiger partial charge in [0.1, 0.15) is 5.82 Å². The van der Waals surface area contributed by atoms with Crippen LogP contribution in [0.2, 0.25) is 0 Å². The summed E-state index contributed by atoms with van der Waals surface area (Å²) in [6.45, 7) is 0. The SMILES string of the molecule is Cl.N[C@@H](c1cccc(F)c1)[C@H](O)C(F)(F)F. The molecule has 0 aliphatic carbocycles. The van der Waals surface area contributed by atoms with Gasteiger partial charge < -0.3 is 10.8 Å². The summed E-state index contributed by atoms with van der Waals surface area (Å²) in [6.07, 6.45) is -7.51. The molecule has 16 heavy (non-hydrogen) atoms. The zero-order valence-corrected chi connectivity index (χ0v) is 8.73. The predicted octanol–water partition coefficient (Wildman–Crippen LogP) is 2.17. The molecule has 0 amide bonds. The molecule has 3 N–H and O–H groups in total. The highest BCUT2D eigenvalue weighted by Gasteiger charge is 2.42. The zero-order chi connectivity index (χ0) is 11.6. The summed E-state index contributed by atoms with van der Waals surface area (Å²) in [6, 6.07) is 2.72. The molecular formula is C9H10ClF4NO. The molecule has 0 saturated heterocycles. The minimum absolute atomic E-state index is 0. The number of hydrogen-bond donors (Lipinski definition) is 2.